The van der Waals surface area contributed by atoms with Crippen LogP contribution in [-0.4, -0.2) is 28.0 Å². The number of hydrogen-bond donors (Lipinski definition) is 1. The molecule has 1 N–H and O–H groups in total. The molecule has 0 amide bonds. The third-order valence-corrected chi connectivity index (χ3v) is 5.36. The van der Waals surface area contributed by atoms with Gasteiger partial charge in [-0.25, -0.2) is 4.98 Å². The minimum absolute atomic E-state index is 0.792. The number of H-pyrrole nitrogens is 1. The van der Waals surface area contributed by atoms with Crippen molar-refractivity contribution in [2.45, 2.75) is 26.8 Å². The molecule has 0 fully saturated rings. The van der Waals surface area contributed by atoms with Crippen molar-refractivity contribution in [2.24, 2.45) is 0 Å². The van der Waals surface area contributed by atoms with E-state index < -0.39 is 0 Å². The van der Waals surface area contributed by atoms with Gasteiger partial charge in [0.25, 0.3) is 0 Å². The summed E-state index contributed by atoms with van der Waals surface area (Å²) in [7, 11) is 0. The highest BCUT2D eigenvalue weighted by Gasteiger charge is 2.16. The Morgan fingerprint density at radius 1 is 1.12 bits per heavy atom. The number of fused-ring (bicyclic) bond motifs is 1. The van der Waals surface area contributed by atoms with Crippen LogP contribution in [0.5, 0.6) is 0 Å². The molecule has 2 heterocycles. The quantitative estimate of drug-likeness (QED) is 0.710. The van der Waals surface area contributed by atoms with Crippen LogP contribution in [0.25, 0.3) is 16.6 Å². The van der Waals surface area contributed by atoms with Gasteiger partial charge in [-0.05, 0) is 60.7 Å². The summed E-state index contributed by atoms with van der Waals surface area (Å²) in [6.45, 7) is 7.25. The lowest BCUT2D eigenvalue weighted by atomic mass is 10.1. The van der Waals surface area contributed by atoms with Gasteiger partial charge in [-0.3, -0.25) is 4.90 Å². The van der Waals surface area contributed by atoms with Gasteiger partial charge in [0.15, 0.2) is 0 Å². The van der Waals surface area contributed by atoms with Gasteiger partial charge in [0, 0.05) is 24.7 Å². The maximum Gasteiger partial charge on any atom is 0.134 e. The van der Waals surface area contributed by atoms with E-state index in [1.165, 1.54) is 27.8 Å². The fourth-order valence-electron chi connectivity index (χ4n) is 3.39. The minimum atomic E-state index is 0.792. The maximum atomic E-state index is 5.96. The van der Waals surface area contributed by atoms with Gasteiger partial charge in [0.1, 0.15) is 5.82 Å². The summed E-state index contributed by atoms with van der Waals surface area (Å²) < 4.78 is 0. The number of aryl methyl sites for hydroxylation is 2. The van der Waals surface area contributed by atoms with Crippen LogP contribution < -0.4 is 0 Å². The van der Waals surface area contributed by atoms with Crippen molar-refractivity contribution in [3.8, 4) is 0 Å². The molecule has 4 heteroatoms. The van der Waals surface area contributed by atoms with Gasteiger partial charge < -0.3 is 4.98 Å². The molecule has 3 nitrogen and oxygen atoms in total. The second kappa shape index (κ2) is 6.66. The van der Waals surface area contributed by atoms with E-state index in [1.54, 1.807) is 0 Å². The predicted octanol–water partition coefficient (Wildman–Crippen LogP) is 5.12. The molecule has 0 spiro atoms. The lowest BCUT2D eigenvalue weighted by molar-refractivity contribution is 0.293. The summed E-state index contributed by atoms with van der Waals surface area (Å²) in [6, 6.07) is 12.4. The fraction of sp³-hybridized carbons (Fsp3) is 0.286. The first-order valence-electron chi connectivity index (χ1n) is 8.72. The van der Waals surface area contributed by atoms with Crippen LogP contribution in [-0.2, 0) is 6.54 Å². The number of imidazole rings is 1. The average Bonchev–Trinajstić information content (AvgIpc) is 3.06. The molecule has 3 aromatic rings. The number of halogens is 1. The van der Waals surface area contributed by atoms with Crippen molar-refractivity contribution >= 4 is 28.2 Å². The van der Waals surface area contributed by atoms with Crippen molar-refractivity contribution in [3.05, 3.63) is 70.0 Å². The molecule has 0 bridgehead atoms. The monoisotopic (exact) mass is 351 g/mol. The number of nitrogens with one attached hydrogen (secondary N) is 1. The number of aromatic amines is 1. The van der Waals surface area contributed by atoms with E-state index in [0.717, 1.165) is 42.4 Å². The van der Waals surface area contributed by atoms with E-state index >= 15 is 0 Å². The molecule has 1 aliphatic heterocycles. The molecular formula is C21H22ClN3. The molecule has 25 heavy (non-hydrogen) atoms. The van der Waals surface area contributed by atoms with Gasteiger partial charge in [-0.15, -0.1) is 0 Å². The van der Waals surface area contributed by atoms with Gasteiger partial charge in [0.05, 0.1) is 11.0 Å². The molecule has 2 aromatic carbocycles. The van der Waals surface area contributed by atoms with Crippen molar-refractivity contribution in [1.82, 2.24) is 14.9 Å². The highest BCUT2D eigenvalue weighted by molar-refractivity contribution is 6.30. The molecule has 4 rings (SSSR count). The Balaban J connectivity index is 1.50. The summed E-state index contributed by atoms with van der Waals surface area (Å²) >= 11 is 5.96. The maximum absolute atomic E-state index is 5.96. The predicted molar refractivity (Wildman–Crippen MR) is 105 cm³/mol. The first-order valence-corrected chi connectivity index (χ1v) is 9.10. The SMILES string of the molecule is Cc1ccc2nc(C3=CCN(Cc4ccc(Cl)cc4)CC3)[nH]c2c1C. The van der Waals surface area contributed by atoms with Crippen LogP contribution in [0.4, 0.5) is 0 Å². The van der Waals surface area contributed by atoms with Crippen molar-refractivity contribution in [3.63, 3.8) is 0 Å². The van der Waals surface area contributed by atoms with E-state index in [-0.39, 0.29) is 0 Å². The molecule has 128 valence electrons. The topological polar surface area (TPSA) is 31.9 Å². The van der Waals surface area contributed by atoms with Gasteiger partial charge in [0.2, 0.25) is 0 Å². The van der Waals surface area contributed by atoms with Gasteiger partial charge in [-0.1, -0.05) is 35.9 Å². The van der Waals surface area contributed by atoms with Crippen LogP contribution in [0.15, 0.2) is 42.5 Å². The lowest BCUT2D eigenvalue weighted by Gasteiger charge is -2.25. The molecule has 0 radical (unpaired) electrons. The van der Waals surface area contributed by atoms with E-state index in [1.807, 2.05) is 12.1 Å². The Hall–Kier alpha value is -2.10. The average molecular weight is 352 g/mol. The summed E-state index contributed by atoms with van der Waals surface area (Å²) in [5.41, 5.74) is 7.44. The third-order valence-electron chi connectivity index (χ3n) is 5.11. The summed E-state index contributed by atoms with van der Waals surface area (Å²) in [6.07, 6.45) is 3.32. The Bertz CT molecular complexity index is 938. The molecule has 0 saturated heterocycles. The Kier molecular flexibility index (Phi) is 4.36. The van der Waals surface area contributed by atoms with Crippen LogP contribution in [0.2, 0.25) is 5.02 Å². The summed E-state index contributed by atoms with van der Waals surface area (Å²) in [4.78, 5) is 10.8. The van der Waals surface area contributed by atoms with Crippen LogP contribution in [0, 0.1) is 13.8 Å². The molecule has 0 aliphatic carbocycles. The Morgan fingerprint density at radius 2 is 1.92 bits per heavy atom. The fourth-order valence-corrected chi connectivity index (χ4v) is 3.52. The van der Waals surface area contributed by atoms with Crippen molar-refractivity contribution in [1.29, 1.82) is 0 Å². The second-order valence-corrected chi connectivity index (χ2v) is 7.26. The number of nitrogens with zero attached hydrogens (tertiary/aromatic N) is 2. The second-order valence-electron chi connectivity index (χ2n) is 6.83. The highest BCUT2D eigenvalue weighted by Crippen LogP contribution is 2.26. The largest absolute Gasteiger partial charge is 0.338 e. The first-order chi connectivity index (χ1) is 12.1. The molecule has 0 atom stereocenters. The molecule has 0 saturated carbocycles. The van der Waals surface area contributed by atoms with Gasteiger partial charge >= 0.3 is 0 Å². The van der Waals surface area contributed by atoms with Crippen molar-refractivity contribution in [2.75, 3.05) is 13.1 Å². The smallest absolute Gasteiger partial charge is 0.134 e. The number of benzene rings is 2. The van der Waals surface area contributed by atoms with E-state index in [0.29, 0.717) is 0 Å². The van der Waals surface area contributed by atoms with Crippen LogP contribution in [0.3, 0.4) is 0 Å². The van der Waals surface area contributed by atoms with E-state index in [4.69, 9.17) is 16.6 Å². The van der Waals surface area contributed by atoms with E-state index in [9.17, 15) is 0 Å². The number of hydrogen-bond acceptors (Lipinski definition) is 2. The van der Waals surface area contributed by atoms with Gasteiger partial charge in [-0.2, -0.15) is 0 Å². The van der Waals surface area contributed by atoms with E-state index in [2.05, 4.69) is 54.1 Å². The highest BCUT2D eigenvalue weighted by atomic mass is 35.5. The summed E-state index contributed by atoms with van der Waals surface area (Å²) in [5, 5.41) is 0.792. The van der Waals surface area contributed by atoms with Crippen LogP contribution in [0.1, 0.15) is 28.9 Å². The normalized spacial score (nSPS) is 15.6. The summed E-state index contributed by atoms with van der Waals surface area (Å²) in [5.74, 6) is 1.02. The Morgan fingerprint density at radius 3 is 2.64 bits per heavy atom. The number of rotatable bonds is 3. The zero-order chi connectivity index (χ0) is 17.4. The van der Waals surface area contributed by atoms with Crippen LogP contribution >= 0.6 is 11.6 Å². The minimum Gasteiger partial charge on any atom is -0.338 e. The zero-order valence-electron chi connectivity index (χ0n) is 14.6. The third kappa shape index (κ3) is 3.35. The number of aromatic nitrogens is 2. The molecular weight excluding hydrogens is 330 g/mol. The molecule has 1 aromatic heterocycles. The first kappa shape index (κ1) is 16.4. The lowest BCUT2D eigenvalue weighted by Crippen LogP contribution is -2.28. The molecule has 1 aliphatic rings. The molecule has 0 unspecified atom stereocenters. The zero-order valence-corrected chi connectivity index (χ0v) is 15.4. The van der Waals surface area contributed by atoms with Crippen molar-refractivity contribution < 1.29 is 0 Å². The Labute approximate surface area is 153 Å². The standard InChI is InChI=1S/C21H22ClN3/c1-14-3-8-19-20(15(14)2)24-21(23-19)17-9-11-25(12-10-17)13-16-4-6-18(22)7-5-16/h3-9H,10-13H2,1-2H3,(H,23,24).